The van der Waals surface area contributed by atoms with Crippen LogP contribution in [0.25, 0.3) is 0 Å². The summed E-state index contributed by atoms with van der Waals surface area (Å²) in [6.07, 6.45) is 1.13. The van der Waals surface area contributed by atoms with Crippen LogP contribution in [0.2, 0.25) is 0 Å². The largest absolute Gasteiger partial charge is 0.324 e. The summed E-state index contributed by atoms with van der Waals surface area (Å²) in [7, 11) is 0. The monoisotopic (exact) mass is 191 g/mol. The van der Waals surface area contributed by atoms with Gasteiger partial charge in [0.05, 0.1) is 0 Å². The Bertz CT molecular complexity index is 304. The number of nitrogens with two attached hydrogens (primary N) is 1. The molecule has 1 nitrogen and oxygen atoms in total. The van der Waals surface area contributed by atoms with Crippen LogP contribution in [0, 0.1) is 19.8 Å². The van der Waals surface area contributed by atoms with E-state index in [-0.39, 0.29) is 6.04 Å². The molecule has 0 fully saturated rings. The fraction of sp³-hybridized carbons (Fsp3) is 0.538. The van der Waals surface area contributed by atoms with Crippen LogP contribution >= 0.6 is 0 Å². The van der Waals surface area contributed by atoms with E-state index in [1.54, 1.807) is 0 Å². The maximum atomic E-state index is 6.20. The molecule has 0 aromatic heterocycles. The Balaban J connectivity index is 2.95. The van der Waals surface area contributed by atoms with Crippen molar-refractivity contribution in [1.82, 2.24) is 0 Å². The highest BCUT2D eigenvalue weighted by Gasteiger charge is 2.14. The van der Waals surface area contributed by atoms with Gasteiger partial charge in [-0.05, 0) is 30.9 Å². The van der Waals surface area contributed by atoms with E-state index in [2.05, 4.69) is 45.9 Å². The highest BCUT2D eigenvalue weighted by atomic mass is 14.6. The second-order valence-electron chi connectivity index (χ2n) is 4.27. The van der Waals surface area contributed by atoms with Crippen molar-refractivity contribution >= 4 is 0 Å². The van der Waals surface area contributed by atoms with Gasteiger partial charge in [-0.3, -0.25) is 0 Å². The number of hydrogen-bond acceptors (Lipinski definition) is 1. The van der Waals surface area contributed by atoms with Crippen LogP contribution in [0.5, 0.6) is 0 Å². The molecular weight excluding hydrogens is 170 g/mol. The number of hydrogen-bond donors (Lipinski definition) is 1. The smallest absolute Gasteiger partial charge is 0.0323 e. The molecule has 0 radical (unpaired) electrons. The van der Waals surface area contributed by atoms with Crippen molar-refractivity contribution in [3.05, 3.63) is 34.9 Å². The van der Waals surface area contributed by atoms with Gasteiger partial charge in [-0.2, -0.15) is 0 Å². The van der Waals surface area contributed by atoms with Crippen LogP contribution in [0.15, 0.2) is 18.2 Å². The molecule has 14 heavy (non-hydrogen) atoms. The molecule has 0 aliphatic heterocycles. The molecule has 0 amide bonds. The fourth-order valence-electron chi connectivity index (χ4n) is 1.76. The Kier molecular flexibility index (Phi) is 3.70. The normalized spacial score (nSPS) is 15.2. The molecule has 1 heteroatoms. The lowest BCUT2D eigenvalue weighted by molar-refractivity contribution is 0.455. The topological polar surface area (TPSA) is 26.0 Å². The summed E-state index contributed by atoms with van der Waals surface area (Å²) in [5.74, 6) is 0.552. The summed E-state index contributed by atoms with van der Waals surface area (Å²) in [5.41, 5.74) is 10.1. The third-order valence-electron chi connectivity index (χ3n) is 3.04. The first-order valence-corrected chi connectivity index (χ1v) is 5.39. The van der Waals surface area contributed by atoms with E-state index < -0.39 is 0 Å². The summed E-state index contributed by atoms with van der Waals surface area (Å²) < 4.78 is 0. The SMILES string of the molecule is CCC(C)[C@H](N)c1ccc(C)cc1C. The van der Waals surface area contributed by atoms with Crippen molar-refractivity contribution in [3.8, 4) is 0 Å². The molecule has 78 valence electrons. The molecule has 0 spiro atoms. The van der Waals surface area contributed by atoms with E-state index in [0.29, 0.717) is 5.92 Å². The highest BCUT2D eigenvalue weighted by molar-refractivity contribution is 5.32. The van der Waals surface area contributed by atoms with Crippen molar-refractivity contribution in [2.75, 3.05) is 0 Å². The Morgan fingerprint density at radius 2 is 1.93 bits per heavy atom. The second-order valence-corrected chi connectivity index (χ2v) is 4.27. The zero-order valence-corrected chi connectivity index (χ0v) is 9.67. The Hall–Kier alpha value is -0.820. The molecule has 0 aliphatic rings. The summed E-state index contributed by atoms with van der Waals surface area (Å²) in [6.45, 7) is 8.66. The van der Waals surface area contributed by atoms with Crippen LogP contribution in [-0.4, -0.2) is 0 Å². The van der Waals surface area contributed by atoms with Gasteiger partial charge in [0, 0.05) is 6.04 Å². The zero-order chi connectivity index (χ0) is 10.7. The summed E-state index contributed by atoms with van der Waals surface area (Å²) in [6, 6.07) is 6.70. The zero-order valence-electron chi connectivity index (χ0n) is 9.67. The molecule has 1 aromatic rings. The lowest BCUT2D eigenvalue weighted by Crippen LogP contribution is -2.19. The molecule has 1 unspecified atom stereocenters. The molecule has 0 saturated heterocycles. The molecule has 0 saturated carbocycles. The van der Waals surface area contributed by atoms with E-state index in [0.717, 1.165) is 6.42 Å². The first-order chi connectivity index (χ1) is 6.56. The van der Waals surface area contributed by atoms with Gasteiger partial charge in [0.15, 0.2) is 0 Å². The summed E-state index contributed by atoms with van der Waals surface area (Å²) >= 11 is 0. The van der Waals surface area contributed by atoms with E-state index >= 15 is 0 Å². The molecule has 2 atom stereocenters. The van der Waals surface area contributed by atoms with E-state index in [4.69, 9.17) is 5.73 Å². The van der Waals surface area contributed by atoms with Gasteiger partial charge in [0.2, 0.25) is 0 Å². The van der Waals surface area contributed by atoms with Crippen LogP contribution in [-0.2, 0) is 0 Å². The maximum absolute atomic E-state index is 6.20. The quantitative estimate of drug-likeness (QED) is 0.779. The van der Waals surface area contributed by atoms with E-state index in [1.807, 2.05) is 0 Å². The minimum absolute atomic E-state index is 0.181. The van der Waals surface area contributed by atoms with Gasteiger partial charge in [-0.15, -0.1) is 0 Å². The third kappa shape index (κ3) is 2.36. The Morgan fingerprint density at radius 3 is 2.43 bits per heavy atom. The maximum Gasteiger partial charge on any atom is 0.0323 e. The first kappa shape index (κ1) is 11.3. The minimum Gasteiger partial charge on any atom is -0.324 e. The number of benzene rings is 1. The molecule has 1 aromatic carbocycles. The van der Waals surface area contributed by atoms with Crippen LogP contribution < -0.4 is 5.73 Å². The third-order valence-corrected chi connectivity index (χ3v) is 3.04. The predicted molar refractivity (Wildman–Crippen MR) is 62.3 cm³/mol. The van der Waals surface area contributed by atoms with Crippen LogP contribution in [0.4, 0.5) is 0 Å². The molecular formula is C13H21N. The minimum atomic E-state index is 0.181. The molecule has 0 aliphatic carbocycles. The lowest BCUT2D eigenvalue weighted by atomic mass is 9.90. The number of aryl methyl sites for hydroxylation is 2. The van der Waals surface area contributed by atoms with E-state index in [9.17, 15) is 0 Å². The fourth-order valence-corrected chi connectivity index (χ4v) is 1.76. The van der Waals surface area contributed by atoms with Crippen LogP contribution in [0.3, 0.4) is 0 Å². The van der Waals surface area contributed by atoms with Crippen molar-refractivity contribution in [2.45, 2.75) is 40.2 Å². The first-order valence-electron chi connectivity index (χ1n) is 5.39. The molecule has 0 heterocycles. The number of rotatable bonds is 3. The van der Waals surface area contributed by atoms with Gasteiger partial charge >= 0.3 is 0 Å². The van der Waals surface area contributed by atoms with Crippen molar-refractivity contribution < 1.29 is 0 Å². The average Bonchev–Trinajstić information content (AvgIpc) is 2.15. The molecule has 1 rings (SSSR count). The van der Waals surface area contributed by atoms with Crippen LogP contribution in [0.1, 0.15) is 43.0 Å². The lowest BCUT2D eigenvalue weighted by Gasteiger charge is -2.20. The summed E-state index contributed by atoms with van der Waals surface area (Å²) in [4.78, 5) is 0. The standard InChI is InChI=1S/C13H21N/c1-5-10(3)13(14)12-7-6-9(2)8-11(12)4/h6-8,10,13H,5,14H2,1-4H3/t10?,13-/m0/s1. The van der Waals surface area contributed by atoms with Crippen molar-refractivity contribution in [1.29, 1.82) is 0 Å². The van der Waals surface area contributed by atoms with Gasteiger partial charge in [-0.1, -0.05) is 44.0 Å². The van der Waals surface area contributed by atoms with Gasteiger partial charge in [-0.25, -0.2) is 0 Å². The molecule has 0 bridgehead atoms. The van der Waals surface area contributed by atoms with Gasteiger partial charge in [0.1, 0.15) is 0 Å². The highest BCUT2D eigenvalue weighted by Crippen LogP contribution is 2.24. The Morgan fingerprint density at radius 1 is 1.29 bits per heavy atom. The van der Waals surface area contributed by atoms with Gasteiger partial charge in [0.25, 0.3) is 0 Å². The molecule has 2 N–H and O–H groups in total. The van der Waals surface area contributed by atoms with Crippen molar-refractivity contribution in [3.63, 3.8) is 0 Å². The average molecular weight is 191 g/mol. The summed E-state index contributed by atoms with van der Waals surface area (Å²) in [5, 5.41) is 0. The Labute approximate surface area is 87.3 Å². The van der Waals surface area contributed by atoms with Gasteiger partial charge < -0.3 is 5.73 Å². The second kappa shape index (κ2) is 4.61. The van der Waals surface area contributed by atoms with Crippen molar-refractivity contribution in [2.24, 2.45) is 11.7 Å². The van der Waals surface area contributed by atoms with E-state index in [1.165, 1.54) is 16.7 Å². The predicted octanol–water partition coefficient (Wildman–Crippen LogP) is 3.35.